The molecule has 2 aliphatic heterocycles. The van der Waals surface area contributed by atoms with E-state index in [0.29, 0.717) is 0 Å². The minimum Gasteiger partial charge on any atom is -0.258 e. The number of thiol groups is 1. The van der Waals surface area contributed by atoms with Crippen molar-refractivity contribution in [3.8, 4) is 0 Å². The van der Waals surface area contributed by atoms with Gasteiger partial charge < -0.3 is 0 Å². The number of nitro benzene ring substituents is 1. The first-order valence-corrected chi connectivity index (χ1v) is 6.65. The van der Waals surface area contributed by atoms with Crippen molar-refractivity contribution in [1.29, 1.82) is 0 Å². The van der Waals surface area contributed by atoms with E-state index >= 15 is 0 Å². The Morgan fingerprint density at radius 1 is 1.22 bits per heavy atom. The van der Waals surface area contributed by atoms with Crippen molar-refractivity contribution in [1.82, 2.24) is 4.48 Å². The number of quaternary nitrogens is 1. The van der Waals surface area contributed by atoms with Crippen molar-refractivity contribution in [2.75, 3.05) is 13.1 Å². The summed E-state index contributed by atoms with van der Waals surface area (Å²) in [5.74, 6) is 0. The smallest absolute Gasteiger partial charge is 0.258 e. The van der Waals surface area contributed by atoms with Crippen molar-refractivity contribution in [2.24, 2.45) is 0 Å². The Balaban J connectivity index is 2.09. The average molecular weight is 263 g/mol. The summed E-state index contributed by atoms with van der Waals surface area (Å²) >= 11 is 4.62. The number of fused-ring (bicyclic) bond motifs is 2. The molecule has 5 heteroatoms. The molecule has 0 N–H and O–H groups in total. The second kappa shape index (κ2) is 4.10. The van der Waals surface area contributed by atoms with Crippen LogP contribution in [0.3, 0.4) is 0 Å². The van der Waals surface area contributed by atoms with Gasteiger partial charge in [-0.3, -0.25) is 14.6 Å². The fourth-order valence-electron chi connectivity index (χ4n) is 3.07. The van der Waals surface area contributed by atoms with Gasteiger partial charge >= 0.3 is 0 Å². The van der Waals surface area contributed by atoms with E-state index < -0.39 is 0 Å². The Labute approximate surface area is 111 Å². The minimum absolute atomic E-state index is 0.156. The van der Waals surface area contributed by atoms with Gasteiger partial charge in [-0.25, -0.2) is 0 Å². The first kappa shape index (κ1) is 11.7. The van der Waals surface area contributed by atoms with Crippen LogP contribution in [-0.4, -0.2) is 18.0 Å². The highest BCUT2D eigenvalue weighted by atomic mass is 32.1. The molecule has 0 bridgehead atoms. The van der Waals surface area contributed by atoms with Crippen molar-refractivity contribution >= 4 is 30.1 Å². The van der Waals surface area contributed by atoms with Crippen LogP contribution in [0.2, 0.25) is 0 Å². The maximum absolute atomic E-state index is 10.8. The summed E-state index contributed by atoms with van der Waals surface area (Å²) in [7, 11) is 0. The number of nitro groups is 1. The third-order valence-corrected chi connectivity index (χ3v) is 4.50. The van der Waals surface area contributed by atoms with E-state index in [0.717, 1.165) is 28.2 Å². The van der Waals surface area contributed by atoms with Crippen LogP contribution in [0.15, 0.2) is 23.2 Å². The molecule has 0 atom stereocenters. The van der Waals surface area contributed by atoms with E-state index in [9.17, 15) is 10.1 Å². The fraction of sp³-hybridized carbons (Fsp3) is 0.385. The predicted octanol–water partition coefficient (Wildman–Crippen LogP) is 3.33. The molecule has 0 amide bonds. The molecule has 4 nitrogen and oxygen atoms in total. The second-order valence-electron chi connectivity index (χ2n) is 4.98. The minimum atomic E-state index is -0.342. The Morgan fingerprint density at radius 3 is 2.61 bits per heavy atom. The summed E-state index contributed by atoms with van der Waals surface area (Å²) < 4.78 is 0.788. The lowest BCUT2D eigenvalue weighted by Crippen LogP contribution is -2.49. The molecular weight excluding hydrogens is 248 g/mol. The van der Waals surface area contributed by atoms with Gasteiger partial charge in [0.15, 0.2) is 5.03 Å². The highest BCUT2D eigenvalue weighted by molar-refractivity contribution is 7.84. The van der Waals surface area contributed by atoms with Crippen LogP contribution >= 0.6 is 12.6 Å². The number of hydrogen-bond donors (Lipinski definition) is 1. The van der Waals surface area contributed by atoms with Gasteiger partial charge in [0.1, 0.15) is 5.69 Å². The maximum Gasteiger partial charge on any atom is 0.270 e. The van der Waals surface area contributed by atoms with Crippen molar-refractivity contribution < 1.29 is 4.92 Å². The summed E-state index contributed by atoms with van der Waals surface area (Å²) in [6.45, 7) is 2.11. The molecule has 18 heavy (non-hydrogen) atoms. The summed E-state index contributed by atoms with van der Waals surface area (Å²) in [5, 5.41) is 11.8. The van der Waals surface area contributed by atoms with Gasteiger partial charge in [0.05, 0.1) is 18.0 Å². The van der Waals surface area contributed by atoms with Gasteiger partial charge in [-0.2, -0.15) is 0 Å². The van der Waals surface area contributed by atoms with Crippen LogP contribution in [-0.2, 0) is 0 Å². The zero-order valence-electron chi connectivity index (χ0n) is 10.0. The molecule has 0 unspecified atom stereocenters. The number of benzene rings is 1. The number of rotatable bonds is 1. The largest absolute Gasteiger partial charge is 0.270 e. The standard InChI is InChI=1S/C13H14N2O2S/c16-14(17)11-4-5-12-10(8-11)9-13(18)15(12)6-2-1-3-7-15/h4-5,8-9H,1-3,6-7H2/p+1. The Kier molecular flexibility index (Phi) is 2.68. The molecule has 0 aliphatic carbocycles. The molecule has 0 radical (unpaired) electrons. The van der Waals surface area contributed by atoms with Gasteiger partial charge in [0.2, 0.25) is 0 Å². The highest BCUT2D eigenvalue weighted by Crippen LogP contribution is 2.45. The molecule has 1 aromatic rings. The van der Waals surface area contributed by atoms with Crippen LogP contribution in [0, 0.1) is 10.1 Å². The Bertz CT molecular complexity index is 548. The zero-order valence-corrected chi connectivity index (χ0v) is 10.9. The predicted molar refractivity (Wildman–Crippen MR) is 75.4 cm³/mol. The third-order valence-electron chi connectivity index (χ3n) is 3.99. The number of nitrogens with zero attached hydrogens (tertiary/aromatic N) is 2. The van der Waals surface area contributed by atoms with Gasteiger partial charge in [0.25, 0.3) is 5.69 Å². The van der Waals surface area contributed by atoms with E-state index in [1.54, 1.807) is 12.1 Å². The SMILES string of the molecule is O=[N+]([O-])c1ccc2c(c1)C=C(S)[N+]21CCCCC1. The quantitative estimate of drug-likeness (QED) is 0.365. The second-order valence-corrected chi connectivity index (χ2v) is 5.44. The molecule has 1 saturated heterocycles. The van der Waals surface area contributed by atoms with Gasteiger partial charge in [-0.1, -0.05) is 12.6 Å². The number of non-ortho nitro benzene ring substituents is 1. The molecule has 1 spiro atoms. The zero-order chi connectivity index (χ0) is 12.8. The van der Waals surface area contributed by atoms with Crippen molar-refractivity contribution in [3.63, 3.8) is 0 Å². The highest BCUT2D eigenvalue weighted by Gasteiger charge is 2.41. The van der Waals surface area contributed by atoms with Gasteiger partial charge in [-0.05, 0) is 19.3 Å². The molecule has 0 aromatic heterocycles. The normalized spacial score (nSPS) is 20.6. The lowest BCUT2D eigenvalue weighted by atomic mass is 10.1. The number of hydrogen-bond acceptors (Lipinski definition) is 3. The summed E-state index contributed by atoms with van der Waals surface area (Å²) in [5.41, 5.74) is 2.28. The number of piperidine rings is 1. The summed E-state index contributed by atoms with van der Waals surface area (Å²) in [4.78, 5) is 10.5. The first-order valence-electron chi connectivity index (χ1n) is 6.21. The molecule has 1 aromatic carbocycles. The maximum atomic E-state index is 10.8. The summed E-state index contributed by atoms with van der Waals surface area (Å²) in [6.07, 6.45) is 5.63. The van der Waals surface area contributed by atoms with Gasteiger partial charge in [-0.15, -0.1) is 0 Å². The average Bonchev–Trinajstić information content (AvgIpc) is 2.63. The fourth-order valence-corrected chi connectivity index (χ4v) is 3.52. The van der Waals surface area contributed by atoms with Crippen LogP contribution in [0.5, 0.6) is 0 Å². The molecular formula is C13H15N2O2S+. The van der Waals surface area contributed by atoms with E-state index in [1.807, 2.05) is 12.1 Å². The van der Waals surface area contributed by atoms with Crippen LogP contribution in [0.1, 0.15) is 24.8 Å². The van der Waals surface area contributed by atoms with Crippen LogP contribution in [0.25, 0.3) is 6.08 Å². The summed E-state index contributed by atoms with van der Waals surface area (Å²) in [6, 6.07) is 5.17. The van der Waals surface area contributed by atoms with Crippen molar-refractivity contribution in [3.05, 3.63) is 38.9 Å². The van der Waals surface area contributed by atoms with E-state index in [2.05, 4.69) is 12.6 Å². The Morgan fingerprint density at radius 2 is 1.94 bits per heavy atom. The molecule has 3 rings (SSSR count). The lowest BCUT2D eigenvalue weighted by molar-refractivity contribution is -0.384. The molecule has 1 fully saturated rings. The Hall–Kier alpha value is -1.33. The van der Waals surface area contributed by atoms with E-state index in [4.69, 9.17) is 0 Å². The molecule has 2 aliphatic rings. The van der Waals surface area contributed by atoms with E-state index in [-0.39, 0.29) is 10.6 Å². The molecule has 0 saturated carbocycles. The van der Waals surface area contributed by atoms with Crippen molar-refractivity contribution in [2.45, 2.75) is 19.3 Å². The topological polar surface area (TPSA) is 43.1 Å². The third kappa shape index (κ3) is 1.58. The first-order chi connectivity index (χ1) is 8.63. The van der Waals surface area contributed by atoms with Crippen LogP contribution < -0.4 is 4.48 Å². The monoisotopic (exact) mass is 263 g/mol. The van der Waals surface area contributed by atoms with E-state index in [1.165, 1.54) is 24.9 Å². The molecule has 2 heterocycles. The van der Waals surface area contributed by atoms with Gasteiger partial charge in [0, 0.05) is 29.8 Å². The molecule has 94 valence electrons. The lowest BCUT2D eigenvalue weighted by Gasteiger charge is -2.38. The van der Waals surface area contributed by atoms with Crippen LogP contribution in [0.4, 0.5) is 11.4 Å².